The van der Waals surface area contributed by atoms with Gasteiger partial charge in [0.15, 0.2) is 0 Å². The van der Waals surface area contributed by atoms with Crippen molar-refractivity contribution in [2.75, 3.05) is 5.32 Å². The third kappa shape index (κ3) is 1.47. The van der Waals surface area contributed by atoms with E-state index in [1.807, 2.05) is 24.6 Å². The number of aromatic nitrogens is 2. The summed E-state index contributed by atoms with van der Waals surface area (Å²) < 4.78 is 26.9. The average molecular weight is 201 g/mol. The van der Waals surface area contributed by atoms with Gasteiger partial charge in [0.1, 0.15) is 0 Å². The monoisotopic (exact) mass is 201 g/mol. The van der Waals surface area contributed by atoms with Gasteiger partial charge in [-0.3, -0.25) is 0 Å². The summed E-state index contributed by atoms with van der Waals surface area (Å²) in [6, 6.07) is -0.675. The minimum absolute atomic E-state index is 0.0893. The summed E-state index contributed by atoms with van der Waals surface area (Å²) in [4.78, 5) is 4.15. The van der Waals surface area contributed by atoms with Crippen molar-refractivity contribution in [3.8, 4) is 0 Å². The molecule has 0 aromatic carbocycles. The number of anilines is 1. The fourth-order valence-electron chi connectivity index (χ4n) is 1.83. The van der Waals surface area contributed by atoms with E-state index in [2.05, 4.69) is 10.3 Å². The van der Waals surface area contributed by atoms with Crippen LogP contribution in [0.25, 0.3) is 0 Å². The van der Waals surface area contributed by atoms with Gasteiger partial charge in [-0.05, 0) is 20.3 Å². The molecule has 0 fully saturated rings. The summed E-state index contributed by atoms with van der Waals surface area (Å²) in [6.07, 6.45) is -0.00184. The van der Waals surface area contributed by atoms with E-state index in [1.54, 1.807) is 0 Å². The third-order valence-corrected chi connectivity index (χ3v) is 2.54. The molecule has 0 spiro atoms. The van der Waals surface area contributed by atoms with Crippen LogP contribution < -0.4 is 5.32 Å². The van der Waals surface area contributed by atoms with Gasteiger partial charge in [0, 0.05) is 12.2 Å². The van der Waals surface area contributed by atoms with E-state index < -0.39 is 12.5 Å². The number of halogens is 2. The molecule has 78 valence electrons. The maximum Gasteiger partial charge on any atom is 0.258 e. The average Bonchev–Trinajstić information content (AvgIpc) is 2.45. The van der Waals surface area contributed by atoms with Crippen molar-refractivity contribution in [1.29, 1.82) is 0 Å². The van der Waals surface area contributed by atoms with Gasteiger partial charge < -0.3 is 9.88 Å². The zero-order valence-electron chi connectivity index (χ0n) is 8.17. The lowest BCUT2D eigenvalue weighted by molar-refractivity contribution is 0.109. The standard InChI is InChI=1S/C9H13F2N3/c1-5-4-14-6(2)3-7(8(10)11)13-9(14)12-5/h4,6-8H,3H2,1-2H3,(H,12,13). The van der Waals surface area contributed by atoms with Crippen molar-refractivity contribution in [1.82, 2.24) is 9.55 Å². The summed E-state index contributed by atoms with van der Waals surface area (Å²) in [5, 5.41) is 2.75. The fourth-order valence-corrected chi connectivity index (χ4v) is 1.83. The van der Waals surface area contributed by atoms with Gasteiger partial charge in [-0.25, -0.2) is 13.8 Å². The number of rotatable bonds is 1. The Labute approximate surface area is 81.1 Å². The Kier molecular flexibility index (Phi) is 2.17. The van der Waals surface area contributed by atoms with Crippen molar-refractivity contribution >= 4 is 5.95 Å². The number of hydrogen-bond donors (Lipinski definition) is 1. The molecule has 2 atom stereocenters. The number of hydrogen-bond acceptors (Lipinski definition) is 2. The van der Waals surface area contributed by atoms with E-state index in [9.17, 15) is 8.78 Å². The molecule has 0 bridgehead atoms. The van der Waals surface area contributed by atoms with Crippen molar-refractivity contribution in [3.05, 3.63) is 11.9 Å². The lowest BCUT2D eigenvalue weighted by Gasteiger charge is -2.29. The van der Waals surface area contributed by atoms with Gasteiger partial charge in [0.25, 0.3) is 6.43 Å². The Morgan fingerprint density at radius 1 is 1.64 bits per heavy atom. The molecule has 3 nitrogen and oxygen atoms in total. The lowest BCUT2D eigenvalue weighted by Crippen LogP contribution is -2.36. The minimum atomic E-state index is -2.33. The third-order valence-electron chi connectivity index (χ3n) is 2.54. The maximum atomic E-state index is 12.5. The minimum Gasteiger partial charge on any atom is -0.347 e. The van der Waals surface area contributed by atoms with Gasteiger partial charge in [-0.15, -0.1) is 0 Å². The molecule has 2 unspecified atom stereocenters. The van der Waals surface area contributed by atoms with Gasteiger partial charge in [0.05, 0.1) is 11.7 Å². The molecule has 1 aliphatic rings. The van der Waals surface area contributed by atoms with Crippen LogP contribution in [0.1, 0.15) is 25.1 Å². The van der Waals surface area contributed by atoms with Gasteiger partial charge >= 0.3 is 0 Å². The smallest absolute Gasteiger partial charge is 0.258 e. The Bertz CT molecular complexity index is 335. The second-order valence-corrected chi connectivity index (χ2v) is 3.78. The predicted octanol–water partition coefficient (Wildman–Crippen LogP) is 2.20. The van der Waals surface area contributed by atoms with Crippen molar-refractivity contribution in [2.45, 2.75) is 38.8 Å². The molecule has 1 aromatic heterocycles. The highest BCUT2D eigenvalue weighted by molar-refractivity contribution is 5.33. The van der Waals surface area contributed by atoms with E-state index in [4.69, 9.17) is 0 Å². The molecule has 0 saturated carbocycles. The van der Waals surface area contributed by atoms with Gasteiger partial charge in [-0.1, -0.05) is 0 Å². The molecule has 1 aromatic rings. The first-order valence-corrected chi connectivity index (χ1v) is 4.68. The first-order valence-electron chi connectivity index (χ1n) is 4.68. The zero-order valence-corrected chi connectivity index (χ0v) is 8.17. The molecule has 2 rings (SSSR count). The Morgan fingerprint density at radius 2 is 2.36 bits per heavy atom. The zero-order chi connectivity index (χ0) is 10.3. The molecule has 1 aliphatic heterocycles. The van der Waals surface area contributed by atoms with Crippen molar-refractivity contribution in [3.63, 3.8) is 0 Å². The van der Waals surface area contributed by atoms with Crippen LogP contribution in [0.4, 0.5) is 14.7 Å². The van der Waals surface area contributed by atoms with E-state index in [1.165, 1.54) is 0 Å². The van der Waals surface area contributed by atoms with Crippen LogP contribution in [0.2, 0.25) is 0 Å². The van der Waals surface area contributed by atoms with E-state index in [0.29, 0.717) is 12.4 Å². The summed E-state index contributed by atoms with van der Waals surface area (Å²) in [7, 11) is 0. The van der Waals surface area contributed by atoms with Crippen LogP contribution in [-0.2, 0) is 0 Å². The molecular weight excluding hydrogens is 188 g/mol. The first kappa shape index (κ1) is 9.43. The van der Waals surface area contributed by atoms with Gasteiger partial charge in [-0.2, -0.15) is 0 Å². The normalized spacial score (nSPS) is 26.1. The summed E-state index contributed by atoms with van der Waals surface area (Å²) in [6.45, 7) is 3.79. The number of imidazole rings is 1. The molecule has 5 heteroatoms. The maximum absolute atomic E-state index is 12.5. The van der Waals surface area contributed by atoms with E-state index in [0.717, 1.165) is 5.69 Å². The Morgan fingerprint density at radius 3 is 3.00 bits per heavy atom. The predicted molar refractivity (Wildman–Crippen MR) is 49.7 cm³/mol. The topological polar surface area (TPSA) is 29.9 Å². The highest BCUT2D eigenvalue weighted by Gasteiger charge is 2.30. The summed E-state index contributed by atoms with van der Waals surface area (Å²) in [5.41, 5.74) is 0.856. The Balaban J connectivity index is 2.28. The molecule has 2 heterocycles. The molecule has 1 N–H and O–H groups in total. The van der Waals surface area contributed by atoms with Crippen LogP contribution in [-0.4, -0.2) is 22.0 Å². The first-order chi connectivity index (χ1) is 6.58. The van der Waals surface area contributed by atoms with Crippen LogP contribution in [0, 0.1) is 6.92 Å². The van der Waals surface area contributed by atoms with Gasteiger partial charge in [0.2, 0.25) is 5.95 Å². The largest absolute Gasteiger partial charge is 0.347 e. The number of nitrogens with zero attached hydrogens (tertiary/aromatic N) is 2. The second-order valence-electron chi connectivity index (χ2n) is 3.78. The summed E-state index contributed by atoms with van der Waals surface area (Å²) >= 11 is 0. The number of aryl methyl sites for hydroxylation is 1. The number of nitrogens with one attached hydrogen (secondary N) is 1. The summed E-state index contributed by atoms with van der Waals surface area (Å²) in [5.74, 6) is 0.562. The van der Waals surface area contributed by atoms with Crippen LogP contribution >= 0.6 is 0 Å². The molecule has 14 heavy (non-hydrogen) atoms. The lowest BCUT2D eigenvalue weighted by atomic mass is 10.1. The fraction of sp³-hybridized carbons (Fsp3) is 0.667. The molecule has 0 radical (unpaired) electrons. The Hall–Kier alpha value is -1.13. The number of fused-ring (bicyclic) bond motifs is 1. The molecule has 0 amide bonds. The molecule has 0 aliphatic carbocycles. The molecular formula is C9H13F2N3. The van der Waals surface area contributed by atoms with Crippen LogP contribution in [0.5, 0.6) is 0 Å². The quantitative estimate of drug-likeness (QED) is 0.754. The van der Waals surface area contributed by atoms with Crippen LogP contribution in [0.15, 0.2) is 6.20 Å². The highest BCUT2D eigenvalue weighted by atomic mass is 19.3. The van der Waals surface area contributed by atoms with Crippen molar-refractivity contribution in [2.24, 2.45) is 0 Å². The van der Waals surface area contributed by atoms with Crippen LogP contribution in [0.3, 0.4) is 0 Å². The SMILES string of the molecule is Cc1cn2c(n1)NC(C(F)F)CC2C. The molecule has 0 saturated heterocycles. The van der Waals surface area contributed by atoms with E-state index in [-0.39, 0.29) is 6.04 Å². The van der Waals surface area contributed by atoms with Crippen molar-refractivity contribution < 1.29 is 8.78 Å². The highest BCUT2D eigenvalue weighted by Crippen LogP contribution is 2.28. The van der Waals surface area contributed by atoms with E-state index >= 15 is 0 Å². The second kappa shape index (κ2) is 3.22. The number of alkyl halides is 2.